The van der Waals surface area contributed by atoms with Gasteiger partial charge in [-0.25, -0.2) is 22.3 Å². The first-order valence-electron chi connectivity index (χ1n) is 8.92. The predicted octanol–water partition coefficient (Wildman–Crippen LogP) is 2.04. The number of carbonyl (C=O) groups is 1. The second kappa shape index (κ2) is 8.81. The molecule has 2 rings (SSSR count). The Labute approximate surface area is 155 Å². The molecular weight excluding hydrogens is 357 g/mol. The molecule has 8 heteroatoms. The van der Waals surface area contributed by atoms with E-state index in [0.29, 0.717) is 19.5 Å². The molecule has 1 aromatic rings. The third-order valence-corrected chi connectivity index (χ3v) is 6.31. The van der Waals surface area contributed by atoms with Gasteiger partial charge in [-0.15, -0.1) is 0 Å². The van der Waals surface area contributed by atoms with Gasteiger partial charge in [0.2, 0.25) is 10.0 Å². The molecule has 2 N–H and O–H groups in total. The number of hydrogen-bond acceptors (Lipinski definition) is 3. The Kier molecular flexibility index (Phi) is 7.00. The molecule has 0 bridgehead atoms. The van der Waals surface area contributed by atoms with E-state index in [0.717, 1.165) is 24.0 Å². The molecule has 1 fully saturated rings. The van der Waals surface area contributed by atoms with Crippen LogP contribution in [0.5, 0.6) is 0 Å². The fraction of sp³-hybridized carbons (Fsp3) is 0.611. The highest BCUT2D eigenvalue weighted by Crippen LogP contribution is 2.18. The number of benzene rings is 1. The van der Waals surface area contributed by atoms with Gasteiger partial charge in [-0.1, -0.05) is 6.07 Å². The summed E-state index contributed by atoms with van der Waals surface area (Å²) < 4.78 is 39.0. The van der Waals surface area contributed by atoms with E-state index >= 15 is 0 Å². The molecule has 1 saturated heterocycles. The highest BCUT2D eigenvalue weighted by Gasteiger charge is 2.27. The van der Waals surface area contributed by atoms with Gasteiger partial charge >= 0.3 is 6.03 Å². The molecule has 0 aliphatic carbocycles. The zero-order valence-corrected chi connectivity index (χ0v) is 16.4. The summed E-state index contributed by atoms with van der Waals surface area (Å²) in [7, 11) is -1.87. The van der Waals surface area contributed by atoms with Crippen LogP contribution in [-0.4, -0.2) is 51.3 Å². The summed E-state index contributed by atoms with van der Waals surface area (Å²) in [5.74, 6) is -0.280. The summed E-state index contributed by atoms with van der Waals surface area (Å²) in [4.78, 5) is 14.2. The Morgan fingerprint density at radius 3 is 2.81 bits per heavy atom. The minimum Gasteiger partial charge on any atom is -0.335 e. The molecule has 0 aromatic heterocycles. The molecule has 2 unspecified atom stereocenters. The Bertz CT molecular complexity index is 739. The first-order chi connectivity index (χ1) is 12.2. The topological polar surface area (TPSA) is 78.5 Å². The van der Waals surface area contributed by atoms with E-state index in [-0.39, 0.29) is 29.6 Å². The van der Waals surface area contributed by atoms with E-state index in [1.54, 1.807) is 11.0 Å². The van der Waals surface area contributed by atoms with Crippen LogP contribution in [0.4, 0.5) is 9.18 Å². The third kappa shape index (κ3) is 5.95. The van der Waals surface area contributed by atoms with Crippen molar-refractivity contribution in [1.29, 1.82) is 0 Å². The molecule has 6 nitrogen and oxygen atoms in total. The molecule has 2 atom stereocenters. The van der Waals surface area contributed by atoms with Crippen molar-refractivity contribution < 1.29 is 17.6 Å². The van der Waals surface area contributed by atoms with Crippen LogP contribution in [0.3, 0.4) is 0 Å². The fourth-order valence-electron chi connectivity index (χ4n) is 3.35. The Morgan fingerprint density at radius 2 is 2.15 bits per heavy atom. The van der Waals surface area contributed by atoms with E-state index in [1.165, 1.54) is 19.2 Å². The number of amides is 2. The average Bonchev–Trinajstić information content (AvgIpc) is 2.57. The monoisotopic (exact) mass is 385 g/mol. The van der Waals surface area contributed by atoms with E-state index < -0.39 is 10.0 Å². The second-order valence-corrected chi connectivity index (χ2v) is 9.04. The maximum atomic E-state index is 13.2. The molecule has 1 heterocycles. The smallest absolute Gasteiger partial charge is 0.317 e. The summed E-state index contributed by atoms with van der Waals surface area (Å²) in [6, 6.07) is 4.37. The van der Waals surface area contributed by atoms with Gasteiger partial charge in [-0.2, -0.15) is 0 Å². The van der Waals surface area contributed by atoms with Crippen molar-refractivity contribution in [3.63, 3.8) is 0 Å². The summed E-state index contributed by atoms with van der Waals surface area (Å²) in [6.07, 6.45) is 2.21. The van der Waals surface area contributed by atoms with Crippen LogP contribution in [0, 0.1) is 18.7 Å². The van der Waals surface area contributed by atoms with Crippen LogP contribution in [-0.2, 0) is 16.4 Å². The lowest BCUT2D eigenvalue weighted by Crippen LogP contribution is -2.49. The van der Waals surface area contributed by atoms with Crippen molar-refractivity contribution in [2.75, 3.05) is 25.9 Å². The molecule has 1 aromatic carbocycles. The second-order valence-electron chi connectivity index (χ2n) is 7.07. The molecule has 1 aliphatic rings. The first kappa shape index (κ1) is 20.6. The fourth-order valence-corrected chi connectivity index (χ4v) is 4.41. The van der Waals surface area contributed by atoms with Gasteiger partial charge in [0.25, 0.3) is 0 Å². The van der Waals surface area contributed by atoms with Gasteiger partial charge in [-0.3, -0.25) is 0 Å². The number of aryl methyl sites for hydroxylation is 1. The first-order valence-corrected chi connectivity index (χ1v) is 10.6. The van der Waals surface area contributed by atoms with Crippen molar-refractivity contribution in [2.45, 2.75) is 39.2 Å². The maximum Gasteiger partial charge on any atom is 0.317 e. The van der Waals surface area contributed by atoms with Crippen LogP contribution in [0.25, 0.3) is 0 Å². The Hall–Kier alpha value is -1.67. The molecule has 0 spiro atoms. The quantitative estimate of drug-likeness (QED) is 0.787. The van der Waals surface area contributed by atoms with E-state index in [1.807, 2.05) is 13.8 Å². The van der Waals surface area contributed by atoms with Crippen LogP contribution in [0.15, 0.2) is 18.2 Å². The molecule has 2 amide bonds. The zero-order valence-electron chi connectivity index (χ0n) is 15.6. The number of likely N-dealkylation sites (tertiary alicyclic amines) is 1. The highest BCUT2D eigenvalue weighted by molar-refractivity contribution is 7.89. The number of sulfonamides is 1. The summed E-state index contributed by atoms with van der Waals surface area (Å²) in [5, 5.41) is 2.97. The number of hydrogen-bond donors (Lipinski definition) is 2. The van der Waals surface area contributed by atoms with Gasteiger partial charge in [0.1, 0.15) is 5.82 Å². The summed E-state index contributed by atoms with van der Waals surface area (Å²) >= 11 is 0. The van der Waals surface area contributed by atoms with Crippen molar-refractivity contribution >= 4 is 16.1 Å². The van der Waals surface area contributed by atoms with Crippen molar-refractivity contribution in [3.8, 4) is 0 Å². The van der Waals surface area contributed by atoms with Gasteiger partial charge in [-0.05, 0) is 69.3 Å². The molecular formula is C18H28FN3O3S. The molecule has 146 valence electrons. The lowest BCUT2D eigenvalue weighted by molar-refractivity contribution is 0.167. The highest BCUT2D eigenvalue weighted by atomic mass is 32.2. The SMILES string of the molecule is CNS(=O)(=O)CC1CCCN(C(=O)NC(C)Cc2ccc(F)cc2C)C1. The summed E-state index contributed by atoms with van der Waals surface area (Å²) in [6.45, 7) is 4.83. The van der Waals surface area contributed by atoms with Gasteiger partial charge in [0.05, 0.1) is 5.75 Å². The van der Waals surface area contributed by atoms with Crippen LogP contribution in [0.2, 0.25) is 0 Å². The molecule has 0 radical (unpaired) electrons. The number of halogens is 1. The minimum absolute atomic E-state index is 0.0393. The number of rotatable bonds is 6. The van der Waals surface area contributed by atoms with Crippen LogP contribution in [0.1, 0.15) is 30.9 Å². The summed E-state index contributed by atoms with van der Waals surface area (Å²) in [5.41, 5.74) is 1.86. The molecule has 1 aliphatic heterocycles. The van der Waals surface area contributed by atoms with E-state index in [2.05, 4.69) is 10.0 Å². The van der Waals surface area contributed by atoms with E-state index in [4.69, 9.17) is 0 Å². The Balaban J connectivity index is 1.89. The van der Waals surface area contributed by atoms with Crippen LogP contribution >= 0.6 is 0 Å². The number of carbonyl (C=O) groups excluding carboxylic acids is 1. The van der Waals surface area contributed by atoms with Gasteiger partial charge < -0.3 is 10.2 Å². The lowest BCUT2D eigenvalue weighted by atomic mass is 10.00. The molecule has 26 heavy (non-hydrogen) atoms. The average molecular weight is 386 g/mol. The number of piperidine rings is 1. The maximum absolute atomic E-state index is 13.2. The van der Waals surface area contributed by atoms with Crippen molar-refractivity contribution in [3.05, 3.63) is 35.1 Å². The van der Waals surface area contributed by atoms with E-state index in [9.17, 15) is 17.6 Å². The van der Waals surface area contributed by atoms with Gasteiger partial charge in [0.15, 0.2) is 0 Å². The van der Waals surface area contributed by atoms with Crippen LogP contribution < -0.4 is 10.0 Å². The predicted molar refractivity (Wildman–Crippen MR) is 100.0 cm³/mol. The standard InChI is InChI=1S/C18H28FN3O3S/c1-13-9-17(19)7-6-16(13)10-14(2)21-18(23)22-8-4-5-15(11-22)12-26(24,25)20-3/h6-7,9,14-15,20H,4-5,8,10-12H2,1-3H3,(H,21,23). The normalized spacial score (nSPS) is 19.2. The number of nitrogens with one attached hydrogen (secondary N) is 2. The zero-order chi connectivity index (χ0) is 19.3. The van der Waals surface area contributed by atoms with Gasteiger partial charge in [0, 0.05) is 19.1 Å². The number of urea groups is 1. The lowest BCUT2D eigenvalue weighted by Gasteiger charge is -2.33. The minimum atomic E-state index is -3.28. The van der Waals surface area contributed by atoms with Crippen molar-refractivity contribution in [2.24, 2.45) is 5.92 Å². The van der Waals surface area contributed by atoms with Crippen molar-refractivity contribution in [1.82, 2.24) is 14.9 Å². The third-order valence-electron chi connectivity index (χ3n) is 4.77. The Morgan fingerprint density at radius 1 is 1.42 bits per heavy atom. The largest absolute Gasteiger partial charge is 0.335 e. The molecule has 0 saturated carbocycles. The number of nitrogens with zero attached hydrogens (tertiary/aromatic N) is 1.